The van der Waals surface area contributed by atoms with Crippen molar-refractivity contribution in [1.29, 1.82) is 5.26 Å². The highest BCUT2D eigenvalue weighted by molar-refractivity contribution is 6.21. The second kappa shape index (κ2) is 7.38. The first-order valence-corrected chi connectivity index (χ1v) is 8.18. The second-order valence-corrected chi connectivity index (χ2v) is 6.09. The van der Waals surface area contributed by atoms with E-state index in [0.29, 0.717) is 29.0 Å². The highest BCUT2D eigenvalue weighted by atomic mass is 16.5. The molecule has 0 saturated carbocycles. The van der Waals surface area contributed by atoms with Crippen LogP contribution in [0.1, 0.15) is 38.8 Å². The van der Waals surface area contributed by atoms with Crippen molar-refractivity contribution in [3.05, 3.63) is 64.7 Å². The van der Waals surface area contributed by atoms with E-state index in [0.717, 1.165) is 5.56 Å². The number of nitrogens with zero attached hydrogens (tertiary/aromatic N) is 2. The third-order valence-electron chi connectivity index (χ3n) is 4.23. The van der Waals surface area contributed by atoms with Crippen molar-refractivity contribution in [1.82, 2.24) is 4.90 Å². The highest BCUT2D eigenvalue weighted by Gasteiger charge is 2.38. The number of benzene rings is 2. The molecule has 3 rings (SSSR count). The molecule has 26 heavy (non-hydrogen) atoms. The zero-order chi connectivity index (χ0) is 18.7. The number of nitriles is 1. The van der Waals surface area contributed by atoms with E-state index in [-0.39, 0.29) is 24.5 Å². The number of rotatable bonds is 6. The van der Waals surface area contributed by atoms with Gasteiger partial charge in [-0.25, -0.2) is 0 Å². The van der Waals surface area contributed by atoms with Gasteiger partial charge in [0, 0.05) is 7.11 Å². The van der Waals surface area contributed by atoms with Crippen molar-refractivity contribution in [2.45, 2.75) is 19.6 Å². The van der Waals surface area contributed by atoms with Crippen LogP contribution in [0.25, 0.3) is 0 Å². The van der Waals surface area contributed by atoms with E-state index in [2.05, 4.69) is 6.07 Å². The first-order valence-electron chi connectivity index (χ1n) is 8.18. The van der Waals surface area contributed by atoms with Gasteiger partial charge in [0.15, 0.2) is 0 Å². The van der Waals surface area contributed by atoms with Crippen molar-refractivity contribution in [2.24, 2.45) is 0 Å². The Balaban J connectivity index is 1.75. The number of imide groups is 1. The van der Waals surface area contributed by atoms with Crippen molar-refractivity contribution in [2.75, 3.05) is 13.7 Å². The van der Waals surface area contributed by atoms with E-state index >= 15 is 0 Å². The van der Waals surface area contributed by atoms with Gasteiger partial charge in [0.2, 0.25) is 0 Å². The Labute approximate surface area is 151 Å². The highest BCUT2D eigenvalue weighted by Crippen LogP contribution is 2.28. The number of hydrogen-bond acceptors (Lipinski definition) is 5. The maximum Gasteiger partial charge on any atom is 0.262 e. The van der Waals surface area contributed by atoms with Crippen molar-refractivity contribution in [3.8, 4) is 11.8 Å². The molecule has 1 heterocycles. The van der Waals surface area contributed by atoms with Crippen molar-refractivity contribution >= 4 is 11.8 Å². The number of ether oxygens (including phenoxy) is 2. The van der Waals surface area contributed by atoms with E-state index in [1.165, 1.54) is 12.0 Å². The molecule has 0 radical (unpaired) electrons. The van der Waals surface area contributed by atoms with Crippen LogP contribution < -0.4 is 4.74 Å². The van der Waals surface area contributed by atoms with Gasteiger partial charge in [0.1, 0.15) is 12.4 Å². The summed E-state index contributed by atoms with van der Waals surface area (Å²) in [6.07, 6.45) is 0. The fourth-order valence-electron chi connectivity index (χ4n) is 2.89. The first kappa shape index (κ1) is 17.6. The zero-order valence-corrected chi connectivity index (χ0v) is 14.6. The Morgan fingerprint density at radius 1 is 1.08 bits per heavy atom. The molecule has 2 amide bonds. The van der Waals surface area contributed by atoms with Crippen LogP contribution in [0.2, 0.25) is 0 Å². The van der Waals surface area contributed by atoms with Crippen LogP contribution >= 0.6 is 0 Å². The predicted molar refractivity (Wildman–Crippen MR) is 93.8 cm³/mol. The molecular formula is C20H18N2O4. The van der Waals surface area contributed by atoms with Gasteiger partial charge in [0.25, 0.3) is 11.8 Å². The van der Waals surface area contributed by atoms with Crippen molar-refractivity contribution < 1.29 is 19.1 Å². The lowest BCUT2D eigenvalue weighted by atomic mass is 10.1. The van der Waals surface area contributed by atoms with E-state index in [9.17, 15) is 9.59 Å². The molecule has 0 fully saturated rings. The van der Waals surface area contributed by atoms with Gasteiger partial charge in [-0.1, -0.05) is 12.1 Å². The monoisotopic (exact) mass is 350 g/mol. The summed E-state index contributed by atoms with van der Waals surface area (Å²) in [4.78, 5) is 26.3. The molecule has 6 heteroatoms. The minimum Gasteiger partial charge on any atom is -0.489 e. The average molecular weight is 350 g/mol. The maximum absolute atomic E-state index is 12.6. The molecule has 0 aromatic heterocycles. The number of amides is 2. The SMILES string of the molecule is COC[C@H](C)N1C(=O)c2ccc(OCc3ccc(C#N)cc3)cc2C1=O. The van der Waals surface area contributed by atoms with Crippen LogP contribution in [0.3, 0.4) is 0 Å². The second-order valence-electron chi connectivity index (χ2n) is 6.09. The van der Waals surface area contributed by atoms with Gasteiger partial charge in [-0.3, -0.25) is 14.5 Å². The van der Waals surface area contributed by atoms with Crippen LogP contribution in [0, 0.1) is 11.3 Å². The number of hydrogen-bond donors (Lipinski definition) is 0. The molecule has 0 N–H and O–H groups in total. The lowest BCUT2D eigenvalue weighted by Gasteiger charge is -2.21. The van der Waals surface area contributed by atoms with Crippen LogP contribution in [0.5, 0.6) is 5.75 Å². The number of methoxy groups -OCH3 is 1. The first-order chi connectivity index (χ1) is 12.5. The molecule has 0 saturated heterocycles. The van der Waals surface area contributed by atoms with Gasteiger partial charge >= 0.3 is 0 Å². The average Bonchev–Trinajstić information content (AvgIpc) is 2.91. The predicted octanol–water partition coefficient (Wildman–Crippen LogP) is 2.77. The largest absolute Gasteiger partial charge is 0.489 e. The number of carbonyl (C=O) groups is 2. The summed E-state index contributed by atoms with van der Waals surface area (Å²) in [6.45, 7) is 2.36. The Kier molecular flexibility index (Phi) is 5.01. The fraction of sp³-hybridized carbons (Fsp3) is 0.250. The van der Waals surface area contributed by atoms with E-state index in [1.54, 1.807) is 37.3 Å². The summed E-state index contributed by atoms with van der Waals surface area (Å²) < 4.78 is 10.8. The minimum atomic E-state index is -0.338. The zero-order valence-electron chi connectivity index (χ0n) is 14.6. The molecule has 1 atom stereocenters. The van der Waals surface area contributed by atoms with E-state index in [4.69, 9.17) is 14.7 Å². The van der Waals surface area contributed by atoms with E-state index < -0.39 is 0 Å². The summed E-state index contributed by atoms with van der Waals surface area (Å²) in [5, 5.41) is 8.81. The summed E-state index contributed by atoms with van der Waals surface area (Å²) in [5.41, 5.74) is 2.21. The summed E-state index contributed by atoms with van der Waals surface area (Å²) in [6, 6.07) is 13.7. The molecule has 2 aromatic rings. The Bertz CT molecular complexity index is 884. The Morgan fingerprint density at radius 3 is 2.42 bits per heavy atom. The molecule has 1 aliphatic rings. The van der Waals surface area contributed by atoms with Crippen LogP contribution in [0.15, 0.2) is 42.5 Å². The molecular weight excluding hydrogens is 332 g/mol. The topological polar surface area (TPSA) is 79.6 Å². The fourth-order valence-corrected chi connectivity index (χ4v) is 2.89. The summed E-state index contributed by atoms with van der Waals surface area (Å²) in [7, 11) is 1.53. The van der Waals surface area contributed by atoms with Gasteiger partial charge in [-0.05, 0) is 42.8 Å². The molecule has 2 aromatic carbocycles. The Morgan fingerprint density at radius 2 is 1.77 bits per heavy atom. The molecule has 1 aliphatic heterocycles. The number of fused-ring (bicyclic) bond motifs is 1. The lowest BCUT2D eigenvalue weighted by molar-refractivity contribution is 0.0497. The van der Waals surface area contributed by atoms with Crippen LogP contribution in [-0.4, -0.2) is 36.5 Å². The van der Waals surface area contributed by atoms with Crippen LogP contribution in [0.4, 0.5) is 0 Å². The van der Waals surface area contributed by atoms with Gasteiger partial charge in [-0.2, -0.15) is 5.26 Å². The lowest BCUT2D eigenvalue weighted by Crippen LogP contribution is -2.40. The third kappa shape index (κ3) is 3.30. The summed E-state index contributed by atoms with van der Waals surface area (Å²) in [5.74, 6) is -0.137. The minimum absolute atomic E-state index is 0.285. The number of carbonyl (C=O) groups excluding carboxylic acids is 2. The van der Waals surface area contributed by atoms with Crippen LogP contribution in [-0.2, 0) is 11.3 Å². The molecule has 0 aliphatic carbocycles. The van der Waals surface area contributed by atoms with Crippen molar-refractivity contribution in [3.63, 3.8) is 0 Å². The Hall–Kier alpha value is -3.17. The van der Waals surface area contributed by atoms with E-state index in [1.807, 2.05) is 12.1 Å². The van der Waals surface area contributed by atoms with Gasteiger partial charge < -0.3 is 9.47 Å². The normalized spacial score (nSPS) is 14.1. The molecule has 6 nitrogen and oxygen atoms in total. The maximum atomic E-state index is 12.6. The molecule has 0 spiro atoms. The standard InChI is InChI=1S/C20H18N2O4/c1-13(11-25-2)22-19(23)17-8-7-16(9-18(17)20(22)24)26-12-15-5-3-14(10-21)4-6-15/h3-9,13H,11-12H2,1-2H3/t13-/m0/s1. The van der Waals surface area contributed by atoms with Gasteiger partial charge in [-0.15, -0.1) is 0 Å². The molecule has 0 bridgehead atoms. The molecule has 132 valence electrons. The molecule has 0 unspecified atom stereocenters. The third-order valence-corrected chi connectivity index (χ3v) is 4.23. The quantitative estimate of drug-likeness (QED) is 0.749. The smallest absolute Gasteiger partial charge is 0.262 e. The summed E-state index contributed by atoms with van der Waals surface area (Å²) >= 11 is 0. The van der Waals surface area contributed by atoms with Gasteiger partial charge in [0.05, 0.1) is 35.4 Å².